The number of rotatable bonds is 1. The maximum absolute atomic E-state index is 4.31. The summed E-state index contributed by atoms with van der Waals surface area (Å²) >= 11 is 0. The molecule has 0 saturated heterocycles. The van der Waals surface area contributed by atoms with Crippen molar-refractivity contribution in [2.75, 3.05) is 0 Å². The quantitative estimate of drug-likeness (QED) is 0.751. The maximum atomic E-state index is 4.31. The summed E-state index contributed by atoms with van der Waals surface area (Å²) in [5.74, 6) is 0. The van der Waals surface area contributed by atoms with Crippen molar-refractivity contribution in [3.63, 3.8) is 0 Å². The third kappa shape index (κ3) is 2.09. The molecule has 0 spiro atoms. The molecule has 0 saturated carbocycles. The fourth-order valence-corrected chi connectivity index (χ4v) is 1.50. The Morgan fingerprint density at radius 3 is 2.53 bits per heavy atom. The van der Waals surface area contributed by atoms with Crippen LogP contribution in [0.15, 0.2) is 36.7 Å². The van der Waals surface area contributed by atoms with Gasteiger partial charge in [0, 0.05) is 12.4 Å². The molecule has 0 radical (unpaired) electrons. The minimum absolute atomic E-state index is 0.184. The number of nitrogens with zero attached hydrogens (tertiary/aromatic N) is 1. The van der Waals surface area contributed by atoms with Crippen molar-refractivity contribution < 1.29 is 0 Å². The lowest BCUT2D eigenvalue weighted by Gasteiger charge is -2.15. The van der Waals surface area contributed by atoms with Gasteiger partial charge in [-0.3, -0.25) is 4.98 Å². The van der Waals surface area contributed by atoms with Crippen LogP contribution in [-0.2, 0) is 5.41 Å². The zero-order valence-corrected chi connectivity index (χ0v) is 9.41. The molecule has 2 heterocycles. The predicted octanol–water partition coefficient (Wildman–Crippen LogP) is 3.37. The van der Waals surface area contributed by atoms with Crippen molar-refractivity contribution in [1.29, 1.82) is 0 Å². The second-order valence-electron chi connectivity index (χ2n) is 4.77. The van der Waals surface area contributed by atoms with Gasteiger partial charge in [0.25, 0.3) is 0 Å². The Kier molecular flexibility index (Phi) is 2.35. The van der Waals surface area contributed by atoms with Crippen LogP contribution in [0.3, 0.4) is 0 Å². The number of aromatic amines is 1. The van der Waals surface area contributed by atoms with E-state index in [4.69, 9.17) is 0 Å². The molecule has 0 amide bonds. The molecule has 2 nitrogen and oxygen atoms in total. The van der Waals surface area contributed by atoms with Crippen molar-refractivity contribution in [2.24, 2.45) is 0 Å². The van der Waals surface area contributed by atoms with Gasteiger partial charge in [-0.15, -0.1) is 0 Å². The van der Waals surface area contributed by atoms with Gasteiger partial charge in [-0.25, -0.2) is 0 Å². The summed E-state index contributed by atoms with van der Waals surface area (Å²) in [6.45, 7) is 6.62. The molecule has 0 unspecified atom stereocenters. The Hall–Kier alpha value is -1.57. The Morgan fingerprint density at radius 1 is 1.20 bits per heavy atom. The van der Waals surface area contributed by atoms with Gasteiger partial charge in [-0.1, -0.05) is 26.8 Å². The zero-order valence-electron chi connectivity index (χ0n) is 9.41. The summed E-state index contributed by atoms with van der Waals surface area (Å²) in [5, 5.41) is 0. The van der Waals surface area contributed by atoms with Crippen LogP contribution in [-0.4, -0.2) is 9.97 Å². The van der Waals surface area contributed by atoms with Crippen LogP contribution < -0.4 is 0 Å². The van der Waals surface area contributed by atoms with Crippen LogP contribution in [0, 0.1) is 0 Å². The first-order valence-corrected chi connectivity index (χ1v) is 5.18. The molecule has 0 fully saturated rings. The van der Waals surface area contributed by atoms with E-state index in [0.717, 1.165) is 11.4 Å². The Labute approximate surface area is 90.4 Å². The number of hydrogen-bond acceptors (Lipinski definition) is 1. The molecule has 15 heavy (non-hydrogen) atoms. The molecule has 2 rings (SSSR count). The second kappa shape index (κ2) is 3.54. The molecule has 2 aromatic rings. The molecular formula is C13H16N2. The average Bonchev–Trinajstić information content (AvgIpc) is 2.67. The molecule has 0 atom stereocenters. The highest BCUT2D eigenvalue weighted by Gasteiger charge is 2.15. The van der Waals surface area contributed by atoms with E-state index in [0.29, 0.717) is 0 Å². The lowest BCUT2D eigenvalue weighted by Crippen LogP contribution is -2.09. The number of pyridine rings is 1. The van der Waals surface area contributed by atoms with E-state index in [-0.39, 0.29) is 5.41 Å². The van der Waals surface area contributed by atoms with E-state index in [2.05, 4.69) is 43.0 Å². The van der Waals surface area contributed by atoms with Gasteiger partial charge in [0.15, 0.2) is 0 Å². The van der Waals surface area contributed by atoms with Crippen LogP contribution in [0.4, 0.5) is 0 Å². The highest BCUT2D eigenvalue weighted by atomic mass is 14.8. The van der Waals surface area contributed by atoms with Gasteiger partial charge in [0.05, 0.1) is 11.4 Å². The van der Waals surface area contributed by atoms with Gasteiger partial charge < -0.3 is 4.98 Å². The van der Waals surface area contributed by atoms with Crippen LogP contribution in [0.5, 0.6) is 0 Å². The maximum Gasteiger partial charge on any atom is 0.0864 e. The van der Waals surface area contributed by atoms with Crippen molar-refractivity contribution in [3.8, 4) is 11.4 Å². The average molecular weight is 200 g/mol. The van der Waals surface area contributed by atoms with Gasteiger partial charge in [0.2, 0.25) is 0 Å². The highest BCUT2D eigenvalue weighted by molar-refractivity contribution is 5.55. The fraction of sp³-hybridized carbons (Fsp3) is 0.308. The molecule has 0 aliphatic heterocycles. The lowest BCUT2D eigenvalue weighted by atomic mass is 9.89. The summed E-state index contributed by atoms with van der Waals surface area (Å²) in [4.78, 5) is 7.58. The van der Waals surface area contributed by atoms with E-state index < -0.39 is 0 Å². The van der Waals surface area contributed by atoms with Gasteiger partial charge in [-0.2, -0.15) is 0 Å². The highest BCUT2D eigenvalue weighted by Crippen LogP contribution is 2.26. The van der Waals surface area contributed by atoms with E-state index in [1.807, 2.05) is 24.4 Å². The normalized spacial score (nSPS) is 11.7. The van der Waals surface area contributed by atoms with Crippen LogP contribution in [0.1, 0.15) is 26.3 Å². The predicted molar refractivity (Wildman–Crippen MR) is 62.7 cm³/mol. The van der Waals surface area contributed by atoms with Crippen LogP contribution in [0.25, 0.3) is 11.4 Å². The first-order chi connectivity index (χ1) is 7.07. The first-order valence-electron chi connectivity index (χ1n) is 5.18. The molecule has 0 bridgehead atoms. The largest absolute Gasteiger partial charge is 0.360 e. The SMILES string of the molecule is CC(C)(C)c1c[nH]c(-c2ccccn2)c1. The summed E-state index contributed by atoms with van der Waals surface area (Å²) in [5.41, 5.74) is 3.57. The van der Waals surface area contributed by atoms with Gasteiger partial charge in [0.1, 0.15) is 0 Å². The number of aromatic nitrogens is 2. The summed E-state index contributed by atoms with van der Waals surface area (Å²) in [6.07, 6.45) is 3.87. The van der Waals surface area contributed by atoms with Gasteiger partial charge >= 0.3 is 0 Å². The van der Waals surface area contributed by atoms with Crippen LogP contribution >= 0.6 is 0 Å². The Bertz CT molecular complexity index is 435. The van der Waals surface area contributed by atoms with Crippen molar-refractivity contribution in [1.82, 2.24) is 9.97 Å². The third-order valence-corrected chi connectivity index (χ3v) is 2.49. The van der Waals surface area contributed by atoms with E-state index >= 15 is 0 Å². The number of hydrogen-bond donors (Lipinski definition) is 1. The van der Waals surface area contributed by atoms with E-state index in [1.54, 1.807) is 0 Å². The summed E-state index contributed by atoms with van der Waals surface area (Å²) in [6, 6.07) is 8.11. The molecular weight excluding hydrogens is 184 g/mol. The van der Waals surface area contributed by atoms with Gasteiger partial charge in [-0.05, 0) is 29.2 Å². The Balaban J connectivity index is 2.37. The molecule has 1 N–H and O–H groups in total. The molecule has 78 valence electrons. The monoisotopic (exact) mass is 200 g/mol. The minimum atomic E-state index is 0.184. The smallest absolute Gasteiger partial charge is 0.0864 e. The third-order valence-electron chi connectivity index (χ3n) is 2.49. The first kappa shape index (κ1) is 9.97. The fourth-order valence-electron chi connectivity index (χ4n) is 1.50. The van der Waals surface area contributed by atoms with E-state index in [1.165, 1.54) is 5.56 Å². The topological polar surface area (TPSA) is 28.7 Å². The minimum Gasteiger partial charge on any atom is -0.360 e. The van der Waals surface area contributed by atoms with Crippen molar-refractivity contribution in [3.05, 3.63) is 42.2 Å². The molecule has 2 aromatic heterocycles. The van der Waals surface area contributed by atoms with Crippen LogP contribution in [0.2, 0.25) is 0 Å². The molecule has 0 aliphatic carbocycles. The standard InChI is InChI=1S/C13H16N2/c1-13(2,3)10-8-12(15-9-10)11-6-4-5-7-14-11/h4-9,15H,1-3H3. The summed E-state index contributed by atoms with van der Waals surface area (Å²) in [7, 11) is 0. The van der Waals surface area contributed by atoms with E-state index in [9.17, 15) is 0 Å². The molecule has 0 aliphatic rings. The summed E-state index contributed by atoms with van der Waals surface area (Å²) < 4.78 is 0. The number of nitrogens with one attached hydrogen (secondary N) is 1. The zero-order chi connectivity index (χ0) is 10.9. The van der Waals surface area contributed by atoms with Crippen molar-refractivity contribution in [2.45, 2.75) is 26.2 Å². The number of H-pyrrole nitrogens is 1. The van der Waals surface area contributed by atoms with Crippen molar-refractivity contribution >= 4 is 0 Å². The lowest BCUT2D eigenvalue weighted by molar-refractivity contribution is 0.591. The molecule has 0 aromatic carbocycles. The Morgan fingerprint density at radius 2 is 2.00 bits per heavy atom. The second-order valence-corrected chi connectivity index (χ2v) is 4.77. The molecule has 2 heteroatoms.